The van der Waals surface area contributed by atoms with Gasteiger partial charge < -0.3 is 5.11 Å². The van der Waals surface area contributed by atoms with Crippen molar-refractivity contribution in [1.29, 1.82) is 0 Å². The van der Waals surface area contributed by atoms with Gasteiger partial charge in [0.05, 0.1) is 0 Å². The molecule has 0 aliphatic carbocycles. The SMILES string of the molecule is CCN(CC)S(=O)(=O)NCc1ccccc1O. The van der Waals surface area contributed by atoms with Crippen molar-refractivity contribution in [3.8, 4) is 5.75 Å². The molecule has 0 aliphatic rings. The van der Waals surface area contributed by atoms with Gasteiger partial charge in [0.2, 0.25) is 0 Å². The lowest BCUT2D eigenvalue weighted by molar-refractivity contribution is 0.433. The summed E-state index contributed by atoms with van der Waals surface area (Å²) in [5.74, 6) is 0.0924. The Kier molecular flexibility index (Phi) is 4.92. The molecule has 0 amide bonds. The molecule has 0 aromatic heterocycles. The fraction of sp³-hybridized carbons (Fsp3) is 0.455. The van der Waals surface area contributed by atoms with Crippen LogP contribution in [0, 0.1) is 0 Å². The van der Waals surface area contributed by atoms with Crippen molar-refractivity contribution < 1.29 is 13.5 Å². The lowest BCUT2D eigenvalue weighted by Gasteiger charge is -2.18. The topological polar surface area (TPSA) is 69.6 Å². The van der Waals surface area contributed by atoms with E-state index in [-0.39, 0.29) is 12.3 Å². The molecule has 0 spiro atoms. The van der Waals surface area contributed by atoms with Crippen molar-refractivity contribution >= 4 is 10.2 Å². The van der Waals surface area contributed by atoms with Crippen LogP contribution in [0.5, 0.6) is 5.75 Å². The van der Waals surface area contributed by atoms with Gasteiger partial charge in [-0.05, 0) is 6.07 Å². The van der Waals surface area contributed by atoms with Gasteiger partial charge in [-0.2, -0.15) is 17.4 Å². The molecule has 0 fully saturated rings. The summed E-state index contributed by atoms with van der Waals surface area (Å²) < 4.78 is 27.4. The minimum absolute atomic E-state index is 0.0888. The van der Waals surface area contributed by atoms with Crippen LogP contribution < -0.4 is 4.72 Å². The number of phenols is 1. The molecule has 0 aliphatic heterocycles. The van der Waals surface area contributed by atoms with Crippen LogP contribution in [0.1, 0.15) is 19.4 Å². The van der Waals surface area contributed by atoms with Crippen molar-refractivity contribution in [2.24, 2.45) is 0 Å². The maximum absolute atomic E-state index is 11.8. The third-order valence-electron chi connectivity index (χ3n) is 2.48. The number of rotatable bonds is 6. The van der Waals surface area contributed by atoms with Crippen LogP contribution >= 0.6 is 0 Å². The summed E-state index contributed by atoms with van der Waals surface area (Å²) in [6.07, 6.45) is 0. The van der Waals surface area contributed by atoms with Gasteiger partial charge in [-0.15, -0.1) is 0 Å². The minimum atomic E-state index is -3.47. The number of nitrogens with zero attached hydrogens (tertiary/aromatic N) is 1. The van der Waals surface area contributed by atoms with Gasteiger partial charge in [-0.3, -0.25) is 0 Å². The smallest absolute Gasteiger partial charge is 0.279 e. The van der Waals surface area contributed by atoms with Crippen molar-refractivity contribution in [2.45, 2.75) is 20.4 Å². The van der Waals surface area contributed by atoms with Gasteiger partial charge in [0.25, 0.3) is 10.2 Å². The Bertz CT molecular complexity index is 456. The predicted molar refractivity (Wildman–Crippen MR) is 66.8 cm³/mol. The lowest BCUT2D eigenvalue weighted by atomic mass is 10.2. The molecule has 0 saturated heterocycles. The molecule has 1 rings (SSSR count). The Morgan fingerprint density at radius 2 is 1.82 bits per heavy atom. The second-order valence-corrected chi connectivity index (χ2v) is 5.29. The Hall–Kier alpha value is -1.11. The summed E-state index contributed by atoms with van der Waals surface area (Å²) in [7, 11) is -3.47. The molecule has 96 valence electrons. The molecule has 0 radical (unpaired) electrons. The van der Waals surface area contributed by atoms with Crippen LogP contribution in [-0.2, 0) is 16.8 Å². The van der Waals surface area contributed by atoms with Gasteiger partial charge in [-0.25, -0.2) is 0 Å². The monoisotopic (exact) mass is 258 g/mol. The lowest BCUT2D eigenvalue weighted by Crippen LogP contribution is -2.40. The second kappa shape index (κ2) is 6.00. The van der Waals surface area contributed by atoms with E-state index < -0.39 is 10.2 Å². The van der Waals surface area contributed by atoms with Crippen LogP contribution in [0.3, 0.4) is 0 Å². The molecule has 5 nitrogen and oxygen atoms in total. The molecular weight excluding hydrogens is 240 g/mol. The second-order valence-electron chi connectivity index (χ2n) is 3.54. The highest BCUT2D eigenvalue weighted by Crippen LogP contribution is 2.15. The first-order chi connectivity index (χ1) is 8.01. The Morgan fingerprint density at radius 1 is 1.24 bits per heavy atom. The fourth-order valence-corrected chi connectivity index (χ4v) is 2.68. The largest absolute Gasteiger partial charge is 0.508 e. The summed E-state index contributed by atoms with van der Waals surface area (Å²) in [6.45, 7) is 4.50. The van der Waals surface area contributed by atoms with Gasteiger partial charge in [0.15, 0.2) is 0 Å². The van der Waals surface area contributed by atoms with Crippen molar-refractivity contribution in [3.05, 3.63) is 29.8 Å². The van der Waals surface area contributed by atoms with E-state index in [1.165, 1.54) is 10.4 Å². The Morgan fingerprint density at radius 3 is 2.35 bits per heavy atom. The average molecular weight is 258 g/mol. The van der Waals surface area contributed by atoms with E-state index in [1.807, 2.05) is 0 Å². The standard InChI is InChI=1S/C11H18N2O3S/c1-3-13(4-2)17(15,16)12-9-10-7-5-6-8-11(10)14/h5-8,12,14H,3-4,9H2,1-2H3. The van der Waals surface area contributed by atoms with E-state index >= 15 is 0 Å². The summed E-state index contributed by atoms with van der Waals surface area (Å²) in [4.78, 5) is 0. The molecular formula is C11H18N2O3S. The quantitative estimate of drug-likeness (QED) is 0.802. The van der Waals surface area contributed by atoms with Gasteiger partial charge in [0, 0.05) is 25.2 Å². The Balaban J connectivity index is 2.71. The highest BCUT2D eigenvalue weighted by molar-refractivity contribution is 7.87. The number of aromatic hydroxyl groups is 1. The van der Waals surface area contributed by atoms with Crippen LogP contribution in [-0.4, -0.2) is 30.9 Å². The average Bonchev–Trinajstić information content (AvgIpc) is 2.29. The van der Waals surface area contributed by atoms with Crippen LogP contribution in [0.2, 0.25) is 0 Å². The van der Waals surface area contributed by atoms with E-state index in [1.54, 1.807) is 32.0 Å². The molecule has 0 unspecified atom stereocenters. The predicted octanol–water partition coefficient (Wildman–Crippen LogP) is 1.07. The van der Waals surface area contributed by atoms with Crippen molar-refractivity contribution in [2.75, 3.05) is 13.1 Å². The molecule has 1 aromatic rings. The first kappa shape index (κ1) is 14.0. The molecule has 0 bridgehead atoms. The first-order valence-corrected chi connectivity index (χ1v) is 6.96. The van der Waals surface area contributed by atoms with Crippen molar-refractivity contribution in [3.63, 3.8) is 0 Å². The summed E-state index contributed by atoms with van der Waals surface area (Å²) >= 11 is 0. The van der Waals surface area contributed by atoms with E-state index in [4.69, 9.17) is 0 Å². The third-order valence-corrected chi connectivity index (χ3v) is 4.19. The molecule has 0 atom stereocenters. The van der Waals surface area contributed by atoms with Crippen LogP contribution in [0.4, 0.5) is 0 Å². The van der Waals surface area contributed by atoms with E-state index in [9.17, 15) is 13.5 Å². The Labute approximate surface area is 102 Å². The number of benzene rings is 1. The van der Waals surface area contributed by atoms with E-state index in [0.29, 0.717) is 18.7 Å². The molecule has 0 saturated carbocycles. The van der Waals surface area contributed by atoms with Gasteiger partial charge in [0.1, 0.15) is 5.75 Å². The maximum atomic E-state index is 11.8. The fourth-order valence-electron chi connectivity index (χ4n) is 1.48. The highest BCUT2D eigenvalue weighted by Gasteiger charge is 2.18. The summed E-state index contributed by atoms with van der Waals surface area (Å²) in [5, 5.41) is 9.51. The molecule has 0 heterocycles. The molecule has 6 heteroatoms. The number of hydrogen-bond donors (Lipinski definition) is 2. The third kappa shape index (κ3) is 3.69. The number of para-hydroxylation sites is 1. The van der Waals surface area contributed by atoms with Gasteiger partial charge in [-0.1, -0.05) is 32.0 Å². The molecule has 1 aromatic carbocycles. The zero-order valence-electron chi connectivity index (χ0n) is 10.0. The zero-order valence-corrected chi connectivity index (χ0v) is 10.9. The number of phenolic OH excluding ortho intramolecular Hbond substituents is 1. The van der Waals surface area contributed by atoms with E-state index in [2.05, 4.69) is 4.72 Å². The highest BCUT2D eigenvalue weighted by atomic mass is 32.2. The normalized spacial score (nSPS) is 11.9. The van der Waals surface area contributed by atoms with Gasteiger partial charge >= 0.3 is 0 Å². The van der Waals surface area contributed by atoms with Crippen molar-refractivity contribution in [1.82, 2.24) is 9.03 Å². The van der Waals surface area contributed by atoms with E-state index in [0.717, 1.165) is 0 Å². The maximum Gasteiger partial charge on any atom is 0.279 e. The van der Waals surface area contributed by atoms with Crippen LogP contribution in [0.25, 0.3) is 0 Å². The summed E-state index contributed by atoms with van der Waals surface area (Å²) in [5.41, 5.74) is 0.559. The minimum Gasteiger partial charge on any atom is -0.508 e. The zero-order chi connectivity index (χ0) is 12.9. The first-order valence-electron chi connectivity index (χ1n) is 5.52. The number of hydrogen-bond acceptors (Lipinski definition) is 3. The summed E-state index contributed by atoms with van der Waals surface area (Å²) in [6, 6.07) is 6.65. The molecule has 2 N–H and O–H groups in total. The number of nitrogens with one attached hydrogen (secondary N) is 1. The van der Waals surface area contributed by atoms with Crippen LogP contribution in [0.15, 0.2) is 24.3 Å². The molecule has 17 heavy (non-hydrogen) atoms.